The maximum atomic E-state index is 13.6. The number of ketones is 1. The molecule has 6 aromatic heterocycles. The second-order valence-corrected chi connectivity index (χ2v) is 49.5. The first-order valence-electron chi connectivity index (χ1n) is 47.2. The standard InChI is InChI=1S/C22H32O.C18H20N4O2S2.C16H23N3OS.C16H22N2O2.C14H18N2OS.C12H13N3O2/c23-20(22-10-17-4-18(11-22)6-19(5-17)12-22)13-21-7-14-1-15(8-21)3-16(2-14)9-21;23-13(21-15-19-1-3-25-15)17-6-11-5-12(7-17)9-18(8-11,10-17)14(24)22-16-20-2-4-26-16;1-14-5-11-6-15(2,8-14)10-16(7-11,9-14)19-12(20)18-13-17-3-4-21-13;1-14-5-11-6-15(2,8-14)10-16(7-11,9-14)18-12(19)13-17-3-4-20-13;17-12(13-15-1-2-18-13)16-14-6-9-3-10(7-14)5-11(4-9)8-14;1-8-7-9(17-2)3-4-10(8)11(16)15-12-13-5-6-14-12/h14-19H,1-13H2;1-4,11-12H,5-10H2,(H,19,21,23)(H,20,22,24);3-4,11H,5-10H2,1-2H3,(H2,17,18,19,20);3-4,11H,5-10H2,1-2H3,(H,18,19);1-2,9-11H,3-8H2,(H,16,17);3-7H,1-2H3,(H2,13,14,15,16). The van der Waals surface area contributed by atoms with E-state index in [1.54, 1.807) is 56.4 Å². The average molecular weight is 1770 g/mol. The lowest BCUT2D eigenvalue weighted by Crippen LogP contribution is -2.65. The summed E-state index contributed by atoms with van der Waals surface area (Å²) in [6.07, 6.45) is 59.0. The predicted octanol–water partition coefficient (Wildman–Crippen LogP) is 21.1. The zero-order valence-corrected chi connectivity index (χ0v) is 77.1. The van der Waals surface area contributed by atoms with Crippen molar-refractivity contribution >= 4 is 108 Å². The second kappa shape index (κ2) is 32.7. The van der Waals surface area contributed by atoms with Crippen LogP contribution in [0.15, 0.2) is 93.8 Å². The first-order valence-corrected chi connectivity index (χ1v) is 50.7. The third-order valence-electron chi connectivity index (χ3n) is 34.4. The normalized spacial score (nSPS) is 39.9. The van der Waals surface area contributed by atoms with Gasteiger partial charge in [0.2, 0.25) is 17.8 Å². The van der Waals surface area contributed by atoms with E-state index in [9.17, 15) is 33.6 Å². The summed E-state index contributed by atoms with van der Waals surface area (Å²) in [6, 6.07) is 5.21. The molecule has 0 saturated heterocycles. The van der Waals surface area contributed by atoms with Gasteiger partial charge < -0.3 is 40.7 Å². The number of aromatic amines is 1. The van der Waals surface area contributed by atoms with Crippen molar-refractivity contribution in [1.82, 2.24) is 50.8 Å². The Balaban J connectivity index is 0.0000000953. The van der Waals surface area contributed by atoms with Crippen LogP contribution in [0.5, 0.6) is 5.75 Å². The smallest absolute Gasteiger partial charge is 0.321 e. The number of H-pyrrole nitrogens is 1. The maximum Gasteiger partial charge on any atom is 0.321 e. The van der Waals surface area contributed by atoms with Crippen LogP contribution in [0, 0.1) is 127 Å². The van der Waals surface area contributed by atoms with Gasteiger partial charge in [0, 0.05) is 92.7 Å². The highest BCUT2D eigenvalue weighted by molar-refractivity contribution is 7.14. The minimum atomic E-state index is -0.435. The SMILES string of the molecule is CC12CC3CC(C)(C1)CC(NC(=O)Nc1nccs1)(C3)C2.CC12CC3CC(C)(C1)CC(NC(=O)c1ncco1)(C3)C2.COc1ccc(C(=O)Nc2ncc[nH]2)c(C)c1.O=C(CC12CC3CC(CC(C3)C1)C2)C12CC3CC(CC(C3)C1)C2.O=C(NC12CC3CC(CC(C3)C1)C2)c1nccs1.O=C(Nc1nccs1)C12CC3CC(C1)CC(C(=O)Nc1nccs1)(C3)C2. The van der Waals surface area contributed by atoms with Gasteiger partial charge in [-0.15, -0.1) is 45.3 Å². The molecule has 4 atom stereocenters. The molecule has 0 aliphatic heterocycles. The zero-order chi connectivity index (χ0) is 86.2. The number of ether oxygens (including phenoxy) is 1. The number of carbonyl (C=O) groups excluding carboxylic acids is 7. The summed E-state index contributed by atoms with van der Waals surface area (Å²) in [4.78, 5) is 116. The number of aromatic nitrogens is 7. The molecule has 8 N–H and O–H groups in total. The monoisotopic (exact) mass is 1770 g/mol. The van der Waals surface area contributed by atoms with Crippen LogP contribution in [-0.4, -0.2) is 100.0 Å². The minimum absolute atomic E-state index is 0.00423. The van der Waals surface area contributed by atoms with Crippen molar-refractivity contribution < 1.29 is 42.7 Å². The van der Waals surface area contributed by atoms with E-state index in [4.69, 9.17) is 9.15 Å². The number of hydrogen-bond acceptors (Lipinski definition) is 19. The Hall–Kier alpha value is -7.75. The quantitative estimate of drug-likeness (QED) is 0.0446. The van der Waals surface area contributed by atoms with E-state index < -0.39 is 10.8 Å². The van der Waals surface area contributed by atoms with Crippen molar-refractivity contribution in [3.63, 3.8) is 0 Å². The van der Waals surface area contributed by atoms with E-state index in [1.807, 2.05) is 34.5 Å². The molecule has 0 radical (unpaired) electrons. The van der Waals surface area contributed by atoms with Gasteiger partial charge in [0.15, 0.2) is 20.4 Å². The van der Waals surface area contributed by atoms with Gasteiger partial charge in [-0.25, -0.2) is 34.7 Å². The topological polar surface area (TPSA) is 319 Å². The van der Waals surface area contributed by atoms with Gasteiger partial charge in [0.05, 0.1) is 24.1 Å². The fourth-order valence-corrected chi connectivity index (χ4v) is 36.3. The fourth-order valence-electron chi connectivity index (χ4n) is 34.2. The van der Waals surface area contributed by atoms with E-state index in [0.717, 1.165) is 159 Å². The van der Waals surface area contributed by atoms with Crippen molar-refractivity contribution in [1.29, 1.82) is 0 Å². The Morgan fingerprint density at radius 3 is 1.27 bits per heavy atom. The molecule has 24 bridgehead atoms. The highest BCUT2D eigenvalue weighted by atomic mass is 32.1. The molecule has 23 nitrogen and oxygen atoms in total. The van der Waals surface area contributed by atoms with Gasteiger partial charge in [-0.05, 0) is 366 Å². The summed E-state index contributed by atoms with van der Waals surface area (Å²) in [5.74, 6) is 12.7. The molecule has 7 amide bonds. The molecule has 125 heavy (non-hydrogen) atoms. The predicted molar refractivity (Wildman–Crippen MR) is 485 cm³/mol. The number of oxazole rings is 1. The number of methoxy groups -OCH3 is 1. The first kappa shape index (κ1) is 85.4. The van der Waals surface area contributed by atoms with Crippen LogP contribution < -0.4 is 42.0 Å². The van der Waals surface area contributed by atoms with Crippen molar-refractivity contribution in [2.24, 2.45) is 120 Å². The van der Waals surface area contributed by atoms with Crippen molar-refractivity contribution in [2.45, 2.75) is 289 Å². The third kappa shape index (κ3) is 17.8. The van der Waals surface area contributed by atoms with Crippen LogP contribution in [0.2, 0.25) is 0 Å². The van der Waals surface area contributed by atoms with Gasteiger partial charge >= 0.3 is 11.9 Å². The highest BCUT2D eigenvalue weighted by Crippen LogP contribution is 2.71. The molecule has 24 fully saturated rings. The fraction of sp³-hybridized carbons (Fsp3) is 0.684. The van der Waals surface area contributed by atoms with E-state index in [2.05, 4.69) is 99.8 Å². The number of thiazole rings is 4. The van der Waals surface area contributed by atoms with Gasteiger partial charge in [-0.2, -0.15) is 0 Å². The third-order valence-corrected chi connectivity index (χ3v) is 37.2. The van der Waals surface area contributed by atoms with Gasteiger partial charge in [0.25, 0.3) is 17.7 Å². The van der Waals surface area contributed by atoms with Crippen LogP contribution in [0.25, 0.3) is 0 Å². The van der Waals surface area contributed by atoms with Gasteiger partial charge in [-0.3, -0.25) is 39.4 Å². The number of Topliss-reactive ketones (excluding diaryl/α,β-unsaturated/α-hetero) is 1. The number of imidazole rings is 1. The molecule has 27 heteroatoms. The molecule has 0 spiro atoms. The number of amides is 7. The number of nitrogens with zero attached hydrogens (tertiary/aromatic N) is 6. The molecule has 24 aliphatic rings. The minimum Gasteiger partial charge on any atom is -0.497 e. The van der Waals surface area contributed by atoms with Crippen molar-refractivity contribution in [3.05, 3.63) is 111 Å². The Kier molecular flexibility index (Phi) is 22.3. The van der Waals surface area contributed by atoms with Crippen molar-refractivity contribution in [3.8, 4) is 5.75 Å². The van der Waals surface area contributed by atoms with Crippen LogP contribution in [0.1, 0.15) is 302 Å². The first-order chi connectivity index (χ1) is 59.9. The molecule has 4 unspecified atom stereocenters. The summed E-state index contributed by atoms with van der Waals surface area (Å²) in [5, 5.41) is 31.6. The summed E-state index contributed by atoms with van der Waals surface area (Å²) in [6.45, 7) is 11.5. The van der Waals surface area contributed by atoms with Crippen LogP contribution >= 0.6 is 45.3 Å². The number of rotatable bonds is 16. The Labute approximate surface area is 751 Å². The Morgan fingerprint density at radius 1 is 0.416 bits per heavy atom. The number of nitrogens with one attached hydrogen (secondary N) is 8. The molecule has 1 aromatic carbocycles. The van der Waals surface area contributed by atoms with Crippen LogP contribution in [0.4, 0.5) is 26.1 Å². The summed E-state index contributed by atoms with van der Waals surface area (Å²) < 4.78 is 10.2. The number of hydrogen-bond donors (Lipinski definition) is 8. The number of carbonyl (C=O) groups is 7. The van der Waals surface area contributed by atoms with Gasteiger partial charge in [0.1, 0.15) is 17.8 Å². The molecule has 6 heterocycles. The van der Waals surface area contributed by atoms with Crippen LogP contribution in [-0.2, 0) is 14.4 Å². The maximum absolute atomic E-state index is 13.6. The number of anilines is 4. The van der Waals surface area contributed by atoms with E-state index in [-0.39, 0.29) is 63.5 Å². The molecular formula is C98H128N14O9S4. The molecular weight excluding hydrogens is 1650 g/mol. The molecule has 24 aliphatic carbocycles. The number of benzene rings is 1. The molecule has 668 valence electrons. The molecule has 31 rings (SSSR count). The summed E-state index contributed by atoms with van der Waals surface area (Å²) >= 11 is 5.76. The largest absolute Gasteiger partial charge is 0.497 e. The Bertz CT molecular complexity index is 4890. The highest BCUT2D eigenvalue weighted by Gasteiger charge is 2.66. The summed E-state index contributed by atoms with van der Waals surface area (Å²) in [7, 11) is 1.59. The Morgan fingerprint density at radius 2 is 0.848 bits per heavy atom. The van der Waals surface area contributed by atoms with Crippen molar-refractivity contribution in [2.75, 3.05) is 28.4 Å². The number of aryl methyl sites for hydroxylation is 1. The lowest BCUT2D eigenvalue weighted by Gasteiger charge is -2.65. The molecule has 24 saturated carbocycles. The molecule has 7 aromatic rings. The second-order valence-electron chi connectivity index (χ2n) is 45.9. The van der Waals surface area contributed by atoms with E-state index in [0.29, 0.717) is 77.2 Å². The average Bonchev–Trinajstić information content (AvgIpc) is 1.14. The van der Waals surface area contributed by atoms with E-state index in [1.165, 1.54) is 212 Å². The zero-order valence-electron chi connectivity index (χ0n) is 73.8. The lowest BCUT2D eigenvalue weighted by atomic mass is 9.43. The van der Waals surface area contributed by atoms with Crippen LogP contribution in [0.3, 0.4) is 0 Å². The van der Waals surface area contributed by atoms with E-state index >= 15 is 0 Å². The lowest BCUT2D eigenvalue weighted by molar-refractivity contribution is -0.161. The van der Waals surface area contributed by atoms with Gasteiger partial charge in [-0.1, -0.05) is 27.7 Å². The summed E-state index contributed by atoms with van der Waals surface area (Å²) in [5.41, 5.74) is 2.94. The number of urea groups is 1.